The number of halogens is 1. The van der Waals surface area contributed by atoms with Gasteiger partial charge in [-0.1, -0.05) is 11.6 Å². The zero-order valence-electron chi connectivity index (χ0n) is 14.4. The van der Waals surface area contributed by atoms with Gasteiger partial charge in [0.1, 0.15) is 5.82 Å². The van der Waals surface area contributed by atoms with Crippen molar-refractivity contribution in [2.24, 2.45) is 0 Å². The average molecular weight is 368 g/mol. The van der Waals surface area contributed by atoms with Gasteiger partial charge < -0.3 is 16.0 Å². The number of hydrogen-bond donors (Lipinski definition) is 3. The third-order valence-electron chi connectivity index (χ3n) is 3.43. The quantitative estimate of drug-likeness (QED) is 0.598. The maximum Gasteiger partial charge on any atom is 0.229 e. The lowest BCUT2D eigenvalue weighted by atomic mass is 10.2. The molecule has 1 heterocycles. The SMILES string of the molecule is CC(=O)Nc1ccc(Nc2cc(C)nc(Nc3ccc(Cl)cc3)n2)cc1. The zero-order chi connectivity index (χ0) is 18.5. The highest BCUT2D eigenvalue weighted by Gasteiger charge is 2.04. The highest BCUT2D eigenvalue weighted by Crippen LogP contribution is 2.21. The maximum absolute atomic E-state index is 11.1. The Morgan fingerprint density at radius 1 is 0.885 bits per heavy atom. The molecule has 0 fully saturated rings. The van der Waals surface area contributed by atoms with Crippen LogP contribution < -0.4 is 16.0 Å². The van der Waals surface area contributed by atoms with Crippen molar-refractivity contribution in [3.63, 3.8) is 0 Å². The zero-order valence-corrected chi connectivity index (χ0v) is 15.1. The number of carbonyl (C=O) groups excluding carboxylic acids is 1. The number of amides is 1. The molecule has 3 aromatic rings. The molecule has 0 unspecified atom stereocenters. The topological polar surface area (TPSA) is 78.9 Å². The van der Waals surface area contributed by atoms with Gasteiger partial charge in [-0.2, -0.15) is 4.98 Å². The van der Waals surface area contributed by atoms with Gasteiger partial charge in [-0.3, -0.25) is 4.79 Å². The van der Waals surface area contributed by atoms with E-state index in [0.29, 0.717) is 16.8 Å². The van der Waals surface area contributed by atoms with Crippen LogP contribution in [0.1, 0.15) is 12.6 Å². The molecule has 0 saturated heterocycles. The van der Waals surface area contributed by atoms with Crippen molar-refractivity contribution in [1.29, 1.82) is 0 Å². The third-order valence-corrected chi connectivity index (χ3v) is 3.68. The van der Waals surface area contributed by atoms with Crippen LogP contribution in [0.25, 0.3) is 0 Å². The first-order valence-electron chi connectivity index (χ1n) is 8.01. The molecule has 26 heavy (non-hydrogen) atoms. The van der Waals surface area contributed by atoms with Crippen molar-refractivity contribution in [2.75, 3.05) is 16.0 Å². The van der Waals surface area contributed by atoms with Crippen LogP contribution >= 0.6 is 11.6 Å². The molecule has 132 valence electrons. The predicted octanol–water partition coefficient (Wildman–Crippen LogP) is 4.88. The highest BCUT2D eigenvalue weighted by atomic mass is 35.5. The molecule has 7 heteroatoms. The fraction of sp³-hybridized carbons (Fsp3) is 0.105. The molecule has 0 aliphatic rings. The van der Waals surface area contributed by atoms with E-state index < -0.39 is 0 Å². The molecule has 0 radical (unpaired) electrons. The summed E-state index contributed by atoms with van der Waals surface area (Å²) in [5, 5.41) is 9.80. The van der Waals surface area contributed by atoms with E-state index in [1.165, 1.54) is 6.92 Å². The highest BCUT2D eigenvalue weighted by molar-refractivity contribution is 6.30. The number of hydrogen-bond acceptors (Lipinski definition) is 5. The Morgan fingerprint density at radius 2 is 1.46 bits per heavy atom. The van der Waals surface area contributed by atoms with Crippen molar-refractivity contribution >= 4 is 46.3 Å². The molecular formula is C19H18ClN5O. The summed E-state index contributed by atoms with van der Waals surface area (Å²) in [6, 6.07) is 16.6. The molecule has 0 aliphatic heterocycles. The average Bonchev–Trinajstić information content (AvgIpc) is 2.58. The van der Waals surface area contributed by atoms with Crippen molar-refractivity contribution in [3.05, 3.63) is 65.3 Å². The van der Waals surface area contributed by atoms with Gasteiger partial charge in [-0.25, -0.2) is 4.98 Å². The Bertz CT molecular complexity index is 910. The predicted molar refractivity (Wildman–Crippen MR) is 106 cm³/mol. The number of carbonyl (C=O) groups is 1. The number of aromatic nitrogens is 2. The van der Waals surface area contributed by atoms with Gasteiger partial charge in [0.05, 0.1) is 0 Å². The largest absolute Gasteiger partial charge is 0.340 e. The number of anilines is 5. The first kappa shape index (κ1) is 17.7. The van der Waals surface area contributed by atoms with E-state index in [2.05, 4.69) is 25.9 Å². The maximum atomic E-state index is 11.1. The smallest absolute Gasteiger partial charge is 0.229 e. The van der Waals surface area contributed by atoms with E-state index in [0.717, 1.165) is 22.8 Å². The Kier molecular flexibility index (Phi) is 5.34. The molecule has 3 rings (SSSR count). The van der Waals surface area contributed by atoms with E-state index in [1.807, 2.05) is 49.4 Å². The molecule has 1 amide bonds. The minimum atomic E-state index is -0.102. The summed E-state index contributed by atoms with van der Waals surface area (Å²) in [7, 11) is 0. The van der Waals surface area contributed by atoms with Crippen LogP contribution in [0.2, 0.25) is 5.02 Å². The molecule has 2 aromatic carbocycles. The van der Waals surface area contributed by atoms with Gasteiger partial charge in [-0.15, -0.1) is 0 Å². The summed E-state index contributed by atoms with van der Waals surface area (Å²) >= 11 is 5.90. The molecule has 0 saturated carbocycles. The van der Waals surface area contributed by atoms with Crippen LogP contribution in [0.3, 0.4) is 0 Å². The normalized spacial score (nSPS) is 10.3. The van der Waals surface area contributed by atoms with E-state index in [4.69, 9.17) is 11.6 Å². The number of nitrogens with one attached hydrogen (secondary N) is 3. The summed E-state index contributed by atoms with van der Waals surface area (Å²) in [6.07, 6.45) is 0. The lowest BCUT2D eigenvalue weighted by Crippen LogP contribution is -2.05. The molecule has 3 N–H and O–H groups in total. The molecule has 1 aromatic heterocycles. The van der Waals surface area contributed by atoms with E-state index in [1.54, 1.807) is 12.1 Å². The minimum absolute atomic E-state index is 0.102. The van der Waals surface area contributed by atoms with Crippen molar-refractivity contribution in [1.82, 2.24) is 9.97 Å². The second-order valence-electron chi connectivity index (χ2n) is 5.73. The second kappa shape index (κ2) is 7.84. The van der Waals surface area contributed by atoms with Crippen LogP contribution in [0.15, 0.2) is 54.6 Å². The lowest BCUT2D eigenvalue weighted by Gasteiger charge is -2.11. The van der Waals surface area contributed by atoms with Crippen LogP contribution in [-0.2, 0) is 4.79 Å². The van der Waals surface area contributed by atoms with E-state index >= 15 is 0 Å². The molecule has 0 spiro atoms. The van der Waals surface area contributed by atoms with Crippen molar-refractivity contribution < 1.29 is 4.79 Å². The van der Waals surface area contributed by atoms with Crippen molar-refractivity contribution in [2.45, 2.75) is 13.8 Å². The number of benzene rings is 2. The summed E-state index contributed by atoms with van der Waals surface area (Å²) in [5.74, 6) is 1.06. The Hall–Kier alpha value is -3.12. The first-order valence-corrected chi connectivity index (χ1v) is 8.39. The van der Waals surface area contributed by atoms with E-state index in [9.17, 15) is 4.79 Å². The number of aryl methyl sites for hydroxylation is 1. The third kappa shape index (κ3) is 4.94. The van der Waals surface area contributed by atoms with Gasteiger partial charge in [0.2, 0.25) is 11.9 Å². The van der Waals surface area contributed by atoms with Crippen LogP contribution in [0.5, 0.6) is 0 Å². The first-order chi connectivity index (χ1) is 12.5. The van der Waals surface area contributed by atoms with Crippen LogP contribution in [0.4, 0.5) is 28.8 Å². The molecule has 0 bridgehead atoms. The summed E-state index contributed by atoms with van der Waals surface area (Å²) in [6.45, 7) is 3.38. The van der Waals surface area contributed by atoms with Gasteiger partial charge in [0.25, 0.3) is 0 Å². The molecule has 0 atom stereocenters. The second-order valence-corrected chi connectivity index (χ2v) is 6.17. The Morgan fingerprint density at radius 3 is 2.12 bits per heavy atom. The number of nitrogens with zero attached hydrogens (tertiary/aromatic N) is 2. The van der Waals surface area contributed by atoms with Crippen LogP contribution in [-0.4, -0.2) is 15.9 Å². The van der Waals surface area contributed by atoms with Gasteiger partial charge in [0, 0.05) is 40.8 Å². The fourth-order valence-electron chi connectivity index (χ4n) is 2.34. The molecular weight excluding hydrogens is 350 g/mol. The van der Waals surface area contributed by atoms with E-state index in [-0.39, 0.29) is 5.91 Å². The minimum Gasteiger partial charge on any atom is -0.340 e. The van der Waals surface area contributed by atoms with Gasteiger partial charge in [0.15, 0.2) is 0 Å². The van der Waals surface area contributed by atoms with Gasteiger partial charge in [-0.05, 0) is 55.5 Å². The van der Waals surface area contributed by atoms with Gasteiger partial charge >= 0.3 is 0 Å². The molecule has 6 nitrogen and oxygen atoms in total. The standard InChI is InChI=1S/C19H18ClN5O/c1-12-11-18(23-16-9-7-15(8-10-16)22-13(2)26)25-19(21-12)24-17-5-3-14(20)4-6-17/h3-11H,1-2H3,(H,22,26)(H2,21,23,24,25). The summed E-state index contributed by atoms with van der Waals surface area (Å²) in [4.78, 5) is 20.0. The summed E-state index contributed by atoms with van der Waals surface area (Å²) < 4.78 is 0. The fourth-order valence-corrected chi connectivity index (χ4v) is 2.46. The monoisotopic (exact) mass is 367 g/mol. The molecule has 0 aliphatic carbocycles. The number of rotatable bonds is 5. The lowest BCUT2D eigenvalue weighted by molar-refractivity contribution is -0.114. The Balaban J connectivity index is 1.74. The van der Waals surface area contributed by atoms with Crippen molar-refractivity contribution in [3.8, 4) is 0 Å². The van der Waals surface area contributed by atoms with Crippen LogP contribution in [0, 0.1) is 6.92 Å². The summed E-state index contributed by atoms with van der Waals surface area (Å²) in [5.41, 5.74) is 3.28. The Labute approximate surface area is 156 Å².